The average Bonchev–Trinajstić information content (AvgIpc) is 2.61. The summed E-state index contributed by atoms with van der Waals surface area (Å²) in [5.41, 5.74) is 1.11. The number of carboxylic acid groups (broad SMARTS) is 1. The van der Waals surface area contributed by atoms with E-state index in [0.717, 1.165) is 13.7 Å². The van der Waals surface area contributed by atoms with Crippen LogP contribution in [0.2, 0.25) is 0 Å². The van der Waals surface area contributed by atoms with Gasteiger partial charge in [0.15, 0.2) is 0 Å². The van der Waals surface area contributed by atoms with Crippen LogP contribution in [0.3, 0.4) is 0 Å². The molecule has 3 nitrogen and oxygen atoms in total. The Bertz CT molecular complexity index is 533. The van der Waals surface area contributed by atoms with Gasteiger partial charge in [-0.3, -0.25) is 0 Å². The maximum atomic E-state index is 11.0. The Hall–Kier alpha value is -0.820. The Labute approximate surface area is 114 Å². The summed E-state index contributed by atoms with van der Waals surface area (Å²) in [7, 11) is 0. The minimum atomic E-state index is -0.925. The third kappa shape index (κ3) is 2.30. The molecule has 16 heavy (non-hydrogen) atoms. The van der Waals surface area contributed by atoms with Gasteiger partial charge in [0.1, 0.15) is 5.69 Å². The summed E-state index contributed by atoms with van der Waals surface area (Å²) in [6, 6.07) is 9.14. The van der Waals surface area contributed by atoms with Crippen LogP contribution in [0.25, 0.3) is 5.69 Å². The van der Waals surface area contributed by atoms with Crippen LogP contribution in [0.15, 0.2) is 41.0 Å². The molecular formula is C11H7BrINO2. The molecule has 0 spiro atoms. The summed E-state index contributed by atoms with van der Waals surface area (Å²) >= 11 is 5.44. The first-order valence-corrected chi connectivity index (χ1v) is 6.32. The Balaban J connectivity index is 2.55. The normalized spacial score (nSPS) is 10.4. The summed E-state index contributed by atoms with van der Waals surface area (Å²) in [5, 5.41) is 9.06. The summed E-state index contributed by atoms with van der Waals surface area (Å²) in [6.07, 6.45) is 1.80. The second-order valence-electron chi connectivity index (χ2n) is 3.20. The molecule has 0 amide bonds. The molecule has 82 valence electrons. The van der Waals surface area contributed by atoms with E-state index in [2.05, 4.69) is 38.5 Å². The number of hydrogen-bond acceptors (Lipinski definition) is 1. The predicted molar refractivity (Wildman–Crippen MR) is 73.1 cm³/mol. The summed E-state index contributed by atoms with van der Waals surface area (Å²) in [5.74, 6) is -0.925. The zero-order chi connectivity index (χ0) is 11.7. The minimum Gasteiger partial charge on any atom is -0.477 e. The third-order valence-electron chi connectivity index (χ3n) is 2.11. The Kier molecular flexibility index (Phi) is 3.34. The number of aromatic nitrogens is 1. The SMILES string of the molecule is O=C(O)c1cc(I)cn1-c1ccc(Br)cc1. The van der Waals surface area contributed by atoms with E-state index in [9.17, 15) is 4.79 Å². The van der Waals surface area contributed by atoms with Crippen LogP contribution in [0.1, 0.15) is 10.5 Å². The molecule has 5 heteroatoms. The van der Waals surface area contributed by atoms with Crippen molar-refractivity contribution in [3.8, 4) is 5.69 Å². The quantitative estimate of drug-likeness (QED) is 0.795. The lowest BCUT2D eigenvalue weighted by molar-refractivity contribution is 0.0688. The number of benzene rings is 1. The number of halogens is 2. The average molecular weight is 392 g/mol. The highest BCUT2D eigenvalue weighted by molar-refractivity contribution is 14.1. The molecule has 0 atom stereocenters. The van der Waals surface area contributed by atoms with Crippen LogP contribution in [-0.4, -0.2) is 15.6 Å². The first-order valence-electron chi connectivity index (χ1n) is 4.45. The fourth-order valence-electron chi connectivity index (χ4n) is 1.41. The molecule has 2 aromatic rings. The maximum absolute atomic E-state index is 11.0. The molecule has 0 radical (unpaired) electrons. The highest BCUT2D eigenvalue weighted by Gasteiger charge is 2.12. The molecule has 0 bridgehead atoms. The van der Waals surface area contributed by atoms with E-state index in [-0.39, 0.29) is 5.69 Å². The van der Waals surface area contributed by atoms with Gasteiger partial charge in [-0.15, -0.1) is 0 Å². The molecule has 1 N–H and O–H groups in total. The van der Waals surface area contributed by atoms with E-state index in [1.165, 1.54) is 0 Å². The molecule has 0 aliphatic carbocycles. The van der Waals surface area contributed by atoms with Crippen LogP contribution in [-0.2, 0) is 0 Å². The first-order chi connectivity index (χ1) is 7.58. The largest absolute Gasteiger partial charge is 0.477 e. The van der Waals surface area contributed by atoms with Gasteiger partial charge < -0.3 is 9.67 Å². The molecule has 2 rings (SSSR count). The number of rotatable bonds is 2. The number of nitrogens with zero attached hydrogens (tertiary/aromatic N) is 1. The van der Waals surface area contributed by atoms with Crippen LogP contribution >= 0.6 is 38.5 Å². The fourth-order valence-corrected chi connectivity index (χ4v) is 2.25. The number of carbonyl (C=O) groups is 1. The fraction of sp³-hybridized carbons (Fsp3) is 0. The molecular weight excluding hydrogens is 385 g/mol. The summed E-state index contributed by atoms with van der Waals surface area (Å²) < 4.78 is 3.53. The van der Waals surface area contributed by atoms with Gasteiger partial charge in [0.25, 0.3) is 0 Å². The van der Waals surface area contributed by atoms with Crippen molar-refractivity contribution in [3.63, 3.8) is 0 Å². The molecule has 1 heterocycles. The van der Waals surface area contributed by atoms with Crippen LogP contribution in [0.5, 0.6) is 0 Å². The van der Waals surface area contributed by atoms with Gasteiger partial charge in [0.2, 0.25) is 0 Å². The molecule has 0 aliphatic heterocycles. The Morgan fingerprint density at radius 2 is 1.94 bits per heavy atom. The van der Waals surface area contributed by atoms with Crippen molar-refractivity contribution in [3.05, 3.63) is 50.3 Å². The van der Waals surface area contributed by atoms with Gasteiger partial charge in [0, 0.05) is 19.9 Å². The minimum absolute atomic E-state index is 0.270. The molecule has 0 saturated heterocycles. The molecule has 1 aromatic heterocycles. The number of hydrogen-bond donors (Lipinski definition) is 1. The lowest BCUT2D eigenvalue weighted by Crippen LogP contribution is -2.05. The zero-order valence-corrected chi connectivity index (χ0v) is 11.8. The van der Waals surface area contributed by atoms with E-state index < -0.39 is 5.97 Å². The highest BCUT2D eigenvalue weighted by Crippen LogP contribution is 2.19. The van der Waals surface area contributed by atoms with Crippen molar-refractivity contribution in [2.24, 2.45) is 0 Å². The van der Waals surface area contributed by atoms with E-state index in [0.29, 0.717) is 0 Å². The number of aromatic carboxylic acids is 1. The van der Waals surface area contributed by atoms with Crippen LogP contribution in [0, 0.1) is 3.57 Å². The van der Waals surface area contributed by atoms with E-state index in [1.54, 1.807) is 16.8 Å². The van der Waals surface area contributed by atoms with Crippen molar-refractivity contribution in [1.29, 1.82) is 0 Å². The van der Waals surface area contributed by atoms with Crippen molar-refractivity contribution in [2.75, 3.05) is 0 Å². The van der Waals surface area contributed by atoms with Crippen molar-refractivity contribution < 1.29 is 9.90 Å². The molecule has 0 unspecified atom stereocenters. The van der Waals surface area contributed by atoms with E-state index in [4.69, 9.17) is 5.11 Å². The van der Waals surface area contributed by atoms with Crippen molar-refractivity contribution >= 4 is 44.5 Å². The lowest BCUT2D eigenvalue weighted by atomic mass is 10.3. The van der Waals surface area contributed by atoms with E-state index in [1.807, 2.05) is 24.3 Å². The third-order valence-corrected chi connectivity index (χ3v) is 3.23. The first kappa shape index (κ1) is 11.7. The van der Waals surface area contributed by atoms with Gasteiger partial charge in [-0.05, 0) is 52.9 Å². The Morgan fingerprint density at radius 1 is 1.31 bits per heavy atom. The van der Waals surface area contributed by atoms with Gasteiger partial charge in [0.05, 0.1) is 0 Å². The predicted octanol–water partition coefficient (Wildman–Crippen LogP) is 3.54. The molecule has 0 fully saturated rings. The topological polar surface area (TPSA) is 42.2 Å². The number of carboxylic acids is 1. The van der Waals surface area contributed by atoms with Crippen LogP contribution < -0.4 is 0 Å². The van der Waals surface area contributed by atoms with Gasteiger partial charge >= 0.3 is 5.97 Å². The standard InChI is InChI=1S/C11H7BrINO2/c12-7-1-3-9(4-2-7)14-6-8(13)5-10(14)11(15)16/h1-6H,(H,15,16). The Morgan fingerprint density at radius 3 is 2.50 bits per heavy atom. The summed E-state index contributed by atoms with van der Waals surface area (Å²) in [6.45, 7) is 0. The highest BCUT2D eigenvalue weighted by atomic mass is 127. The smallest absolute Gasteiger partial charge is 0.352 e. The maximum Gasteiger partial charge on any atom is 0.352 e. The van der Waals surface area contributed by atoms with Gasteiger partial charge in [-0.2, -0.15) is 0 Å². The van der Waals surface area contributed by atoms with Crippen molar-refractivity contribution in [1.82, 2.24) is 4.57 Å². The van der Waals surface area contributed by atoms with Crippen molar-refractivity contribution in [2.45, 2.75) is 0 Å². The van der Waals surface area contributed by atoms with Gasteiger partial charge in [-0.25, -0.2) is 4.79 Å². The lowest BCUT2D eigenvalue weighted by Gasteiger charge is -2.05. The van der Waals surface area contributed by atoms with Crippen LogP contribution in [0.4, 0.5) is 0 Å². The molecule has 0 saturated carbocycles. The molecule has 1 aromatic carbocycles. The zero-order valence-electron chi connectivity index (χ0n) is 8.02. The summed E-state index contributed by atoms with van der Waals surface area (Å²) in [4.78, 5) is 11.0. The monoisotopic (exact) mass is 391 g/mol. The second-order valence-corrected chi connectivity index (χ2v) is 5.36. The van der Waals surface area contributed by atoms with Gasteiger partial charge in [-0.1, -0.05) is 15.9 Å². The van der Waals surface area contributed by atoms with E-state index >= 15 is 0 Å². The molecule has 0 aliphatic rings. The second kappa shape index (κ2) is 4.58.